The second-order valence-corrected chi connectivity index (χ2v) is 3.58. The van der Waals surface area contributed by atoms with E-state index in [9.17, 15) is 22.8 Å². The Labute approximate surface area is 106 Å². The highest BCUT2D eigenvalue weighted by molar-refractivity contribution is 5.97. The summed E-state index contributed by atoms with van der Waals surface area (Å²) in [5, 5.41) is 1.98. The predicted octanol–water partition coefficient (Wildman–Crippen LogP) is 0.711. The maximum absolute atomic E-state index is 13.3. The molecule has 100 valence electrons. The van der Waals surface area contributed by atoms with Gasteiger partial charge < -0.3 is 11.1 Å². The van der Waals surface area contributed by atoms with E-state index in [2.05, 4.69) is 5.92 Å². The number of carbonyl (C=O) groups excluding carboxylic acids is 2. The molecule has 0 radical (unpaired) electrons. The van der Waals surface area contributed by atoms with Crippen molar-refractivity contribution in [1.82, 2.24) is 5.32 Å². The summed E-state index contributed by atoms with van der Waals surface area (Å²) in [6, 6.07) is -0.571. The molecular formula is C12H9F3N2O2. The average Bonchev–Trinajstić information content (AvgIpc) is 2.26. The van der Waals surface area contributed by atoms with Gasteiger partial charge in [-0.15, -0.1) is 12.3 Å². The van der Waals surface area contributed by atoms with Crippen molar-refractivity contribution >= 4 is 11.8 Å². The lowest BCUT2D eigenvalue weighted by molar-refractivity contribution is -0.119. The molecule has 1 aromatic carbocycles. The number of benzene rings is 1. The van der Waals surface area contributed by atoms with E-state index in [1.165, 1.54) is 0 Å². The van der Waals surface area contributed by atoms with Gasteiger partial charge in [-0.1, -0.05) is 0 Å². The van der Waals surface area contributed by atoms with Gasteiger partial charge in [-0.05, 0) is 0 Å². The molecule has 0 saturated heterocycles. The Balaban J connectivity index is 3.02. The van der Waals surface area contributed by atoms with Crippen molar-refractivity contribution < 1.29 is 22.8 Å². The molecule has 7 heteroatoms. The number of amides is 2. The van der Waals surface area contributed by atoms with Gasteiger partial charge in [0.25, 0.3) is 5.91 Å². The zero-order valence-corrected chi connectivity index (χ0v) is 9.54. The summed E-state index contributed by atoms with van der Waals surface area (Å²) in [7, 11) is 0. The molecule has 4 nitrogen and oxygen atoms in total. The Hall–Kier alpha value is -2.49. The van der Waals surface area contributed by atoms with Crippen LogP contribution in [0.2, 0.25) is 0 Å². The van der Waals surface area contributed by atoms with Gasteiger partial charge in [0.15, 0.2) is 0 Å². The maximum Gasteiger partial charge on any atom is 0.257 e. The largest absolute Gasteiger partial charge is 0.368 e. The van der Waals surface area contributed by atoms with Crippen LogP contribution in [0.15, 0.2) is 12.1 Å². The average molecular weight is 270 g/mol. The smallest absolute Gasteiger partial charge is 0.257 e. The van der Waals surface area contributed by atoms with Gasteiger partial charge in [0, 0.05) is 18.6 Å². The first-order valence-electron chi connectivity index (χ1n) is 5.05. The van der Waals surface area contributed by atoms with Crippen molar-refractivity contribution in [3.63, 3.8) is 0 Å². The quantitative estimate of drug-likeness (QED) is 0.791. The Morgan fingerprint density at radius 2 is 1.84 bits per heavy atom. The minimum Gasteiger partial charge on any atom is -0.368 e. The van der Waals surface area contributed by atoms with Crippen LogP contribution in [0, 0.1) is 29.8 Å². The fourth-order valence-electron chi connectivity index (χ4n) is 1.33. The van der Waals surface area contributed by atoms with Crippen molar-refractivity contribution in [1.29, 1.82) is 0 Å². The van der Waals surface area contributed by atoms with E-state index in [-0.39, 0.29) is 6.42 Å². The van der Waals surface area contributed by atoms with Crippen LogP contribution < -0.4 is 11.1 Å². The molecule has 0 fully saturated rings. The molecule has 3 N–H and O–H groups in total. The minimum absolute atomic E-state index is 0.231. The highest BCUT2D eigenvalue weighted by Gasteiger charge is 2.23. The number of rotatable bonds is 4. The number of nitrogens with one attached hydrogen (secondary N) is 1. The normalized spacial score (nSPS) is 11.5. The first-order chi connectivity index (χ1) is 8.86. The number of halogens is 3. The van der Waals surface area contributed by atoms with E-state index in [4.69, 9.17) is 12.2 Å². The molecule has 0 bridgehead atoms. The van der Waals surface area contributed by atoms with E-state index >= 15 is 0 Å². The van der Waals surface area contributed by atoms with E-state index in [1.807, 2.05) is 5.32 Å². The molecule has 0 heterocycles. The summed E-state index contributed by atoms with van der Waals surface area (Å²) >= 11 is 0. The van der Waals surface area contributed by atoms with Gasteiger partial charge in [-0.2, -0.15) is 0 Å². The van der Waals surface area contributed by atoms with E-state index in [0.717, 1.165) is 0 Å². The summed E-state index contributed by atoms with van der Waals surface area (Å²) < 4.78 is 39.3. The van der Waals surface area contributed by atoms with Gasteiger partial charge in [-0.3, -0.25) is 9.59 Å². The summed E-state index contributed by atoms with van der Waals surface area (Å²) in [6.07, 6.45) is 4.72. The first kappa shape index (κ1) is 14.6. The third-order valence-corrected chi connectivity index (χ3v) is 2.20. The molecule has 0 aliphatic carbocycles. The molecular weight excluding hydrogens is 261 g/mol. The molecule has 0 aliphatic heterocycles. The Kier molecular flexibility index (Phi) is 4.53. The van der Waals surface area contributed by atoms with Gasteiger partial charge in [0.2, 0.25) is 5.91 Å². The molecule has 0 unspecified atom stereocenters. The summed E-state index contributed by atoms with van der Waals surface area (Å²) in [5.41, 5.74) is 3.94. The zero-order valence-electron chi connectivity index (χ0n) is 9.54. The van der Waals surface area contributed by atoms with Crippen molar-refractivity contribution in [2.45, 2.75) is 12.5 Å². The number of terminal acetylenes is 1. The molecule has 19 heavy (non-hydrogen) atoms. The molecule has 0 spiro atoms. The van der Waals surface area contributed by atoms with Crippen molar-refractivity contribution in [3.05, 3.63) is 35.1 Å². The lowest BCUT2D eigenvalue weighted by atomic mass is 10.1. The molecule has 0 saturated carbocycles. The first-order valence-corrected chi connectivity index (χ1v) is 5.05. The number of hydrogen-bond acceptors (Lipinski definition) is 2. The number of nitrogens with two attached hydrogens (primary N) is 1. The van der Waals surface area contributed by atoms with Crippen LogP contribution in [0.25, 0.3) is 0 Å². The van der Waals surface area contributed by atoms with Gasteiger partial charge >= 0.3 is 0 Å². The van der Waals surface area contributed by atoms with Crippen LogP contribution >= 0.6 is 0 Å². The van der Waals surface area contributed by atoms with E-state index in [0.29, 0.717) is 12.1 Å². The van der Waals surface area contributed by atoms with E-state index in [1.54, 1.807) is 0 Å². The minimum atomic E-state index is -1.39. The lowest BCUT2D eigenvalue weighted by Crippen LogP contribution is -2.44. The Bertz CT molecular complexity index is 544. The molecule has 0 aromatic heterocycles. The Morgan fingerprint density at radius 1 is 1.32 bits per heavy atom. The molecule has 1 rings (SSSR count). The Morgan fingerprint density at radius 3 is 2.26 bits per heavy atom. The summed E-state index contributed by atoms with van der Waals surface area (Å²) in [6.45, 7) is 0. The van der Waals surface area contributed by atoms with Crippen molar-refractivity contribution in [2.75, 3.05) is 0 Å². The van der Waals surface area contributed by atoms with Gasteiger partial charge in [0.1, 0.15) is 29.1 Å². The predicted molar refractivity (Wildman–Crippen MR) is 60.2 cm³/mol. The molecule has 0 aliphatic rings. The van der Waals surface area contributed by atoms with E-state index < -0.39 is 40.9 Å². The standard InChI is InChI=1S/C12H9F3N2O2/c1-2-3-9(11(16)18)17-12(19)10-7(14)4-6(13)5-8(10)15/h1,4-5,9H,3H2,(H2,16,18)(H,17,19)/t9-/m1/s1. The highest BCUT2D eigenvalue weighted by atomic mass is 19.1. The van der Waals surface area contributed by atoms with Crippen LogP contribution in [0.1, 0.15) is 16.8 Å². The third-order valence-electron chi connectivity index (χ3n) is 2.20. The lowest BCUT2D eigenvalue weighted by Gasteiger charge is -2.13. The highest BCUT2D eigenvalue weighted by Crippen LogP contribution is 2.14. The third kappa shape index (κ3) is 3.48. The van der Waals surface area contributed by atoms with Crippen LogP contribution in [0.4, 0.5) is 13.2 Å². The van der Waals surface area contributed by atoms with Crippen LogP contribution in [0.3, 0.4) is 0 Å². The van der Waals surface area contributed by atoms with Crippen molar-refractivity contribution in [2.24, 2.45) is 5.73 Å². The van der Waals surface area contributed by atoms with Crippen LogP contribution in [-0.2, 0) is 4.79 Å². The van der Waals surface area contributed by atoms with Crippen LogP contribution in [0.5, 0.6) is 0 Å². The van der Waals surface area contributed by atoms with Crippen LogP contribution in [-0.4, -0.2) is 17.9 Å². The SMILES string of the molecule is C#CC[C@@H](NC(=O)c1c(F)cc(F)cc1F)C(N)=O. The number of primary amides is 1. The monoisotopic (exact) mass is 270 g/mol. The molecule has 1 aromatic rings. The topological polar surface area (TPSA) is 72.2 Å². The summed E-state index contributed by atoms with van der Waals surface area (Å²) in [4.78, 5) is 22.5. The number of carbonyl (C=O) groups is 2. The van der Waals surface area contributed by atoms with Gasteiger partial charge in [0.05, 0.1) is 0 Å². The second-order valence-electron chi connectivity index (χ2n) is 3.58. The fourth-order valence-corrected chi connectivity index (χ4v) is 1.33. The van der Waals surface area contributed by atoms with Gasteiger partial charge in [-0.25, -0.2) is 13.2 Å². The molecule has 1 atom stereocenters. The zero-order chi connectivity index (χ0) is 14.6. The molecule has 2 amide bonds. The number of hydrogen-bond donors (Lipinski definition) is 2. The van der Waals surface area contributed by atoms with Crippen molar-refractivity contribution in [3.8, 4) is 12.3 Å². The summed E-state index contributed by atoms with van der Waals surface area (Å²) in [5.74, 6) is -4.06. The second kappa shape index (κ2) is 5.91. The fraction of sp³-hybridized carbons (Fsp3) is 0.167. The maximum atomic E-state index is 13.3.